The zero-order valence-corrected chi connectivity index (χ0v) is 52.0. The van der Waals surface area contributed by atoms with Gasteiger partial charge in [-0.15, -0.1) is 0 Å². The summed E-state index contributed by atoms with van der Waals surface area (Å²) >= 11 is 0. The minimum atomic E-state index is -1.57. The smallest absolute Gasteiger partial charge is 0.414 e. The van der Waals surface area contributed by atoms with E-state index in [4.69, 9.17) is 45.5 Å². The summed E-state index contributed by atoms with van der Waals surface area (Å²) in [7, 11) is 0. The number of amides is 2. The maximum absolute atomic E-state index is 12.8. The number of carbonyl (C=O) groups is 2. The fourth-order valence-corrected chi connectivity index (χ4v) is 9.83. The zero-order valence-electron chi connectivity index (χ0n) is 47.0. The lowest BCUT2D eigenvalue weighted by Crippen LogP contribution is -2.60. The molecule has 4 saturated heterocycles. The predicted molar refractivity (Wildman–Crippen MR) is 372 cm³/mol. The minimum Gasteiger partial charge on any atom is -0.443 e. The molecule has 26 heteroatoms. The van der Waals surface area contributed by atoms with Gasteiger partial charge < -0.3 is 76.0 Å². The summed E-state index contributed by atoms with van der Waals surface area (Å²) in [5.74, 6) is 0. The minimum absolute atomic E-state index is 0. The number of hydrogen-bond acceptors (Lipinski definition) is 19. The summed E-state index contributed by atoms with van der Waals surface area (Å²) in [5, 5.41) is 87.3. The van der Waals surface area contributed by atoms with E-state index in [9.17, 15) is 30.0 Å². The number of cyclic esters (lactones) is 2. The van der Waals surface area contributed by atoms with E-state index in [1.807, 2.05) is 60.7 Å². The number of nitrogens with one attached hydrogen (secondary N) is 1. The van der Waals surface area contributed by atoms with Crippen LogP contribution in [0, 0.1) is 0 Å². The van der Waals surface area contributed by atoms with Gasteiger partial charge in [0, 0.05) is 62.0 Å². The number of nitrogens with zero attached hydrogens (tertiary/aromatic N) is 4. The highest BCUT2D eigenvalue weighted by Crippen LogP contribution is 2.29. The molecule has 0 aliphatic carbocycles. The zero-order chi connectivity index (χ0) is 57.4. The standard InChI is InChI=1S/C30H35N3O7.C24H25N3O2.C6H12O6.3CH4.5H2S/c34-19-25-26(35)27(36)28(37)29(40-25)31-22-11-13-23(14-12-22)33-18-24(39-30(33)38)17-32(15-20-7-3-1-4-8-20)16-21-9-5-2-6-10-21;25-21-11-13-22(14-12-21)27-18-23(29-24(27)28)17-26(15-19-7-3-1-4-8-19)16-20-9-5-2-6-10-20;7-1-2-3(8)4(9)5(10)6(11)12-2;;;;;;;;/h1-14,24-29,31,34-37H,15-19H2;1-14,23H,15-18,25H2;2-11H,1H2;3*1H4;5*1H2/t24-,25?,26+,27-,28?,29+;23-;2?,3-,4+,5?,6+;;;;;;;;/m111......../s1. The fourth-order valence-electron chi connectivity index (χ4n) is 9.83. The van der Waals surface area contributed by atoms with Crippen LogP contribution in [0.5, 0.6) is 0 Å². The second-order valence-electron chi connectivity index (χ2n) is 20.3. The van der Waals surface area contributed by atoms with Gasteiger partial charge in [-0.05, 0) is 70.8 Å². The Morgan fingerprint density at radius 2 is 0.764 bits per heavy atom. The summed E-state index contributed by atoms with van der Waals surface area (Å²) in [4.78, 5) is 33.1. The van der Waals surface area contributed by atoms with Crippen molar-refractivity contribution in [2.24, 2.45) is 0 Å². The predicted octanol–water partition coefficient (Wildman–Crippen LogP) is 5.47. The Kier molecular flexibility index (Phi) is 38.8. The third kappa shape index (κ3) is 23.7. The van der Waals surface area contributed by atoms with E-state index in [0.29, 0.717) is 43.2 Å². The van der Waals surface area contributed by atoms with Crippen LogP contribution in [0.3, 0.4) is 0 Å². The van der Waals surface area contributed by atoms with Crippen molar-refractivity contribution in [2.75, 3.05) is 60.2 Å². The largest absolute Gasteiger partial charge is 0.443 e. The molecule has 4 heterocycles. The van der Waals surface area contributed by atoms with Crippen LogP contribution in [-0.4, -0.2) is 181 Å². The lowest BCUT2D eigenvalue weighted by molar-refractivity contribution is -0.286. The average Bonchev–Trinajstić information content (AvgIpc) is 3.04. The van der Waals surface area contributed by atoms with Crippen LogP contribution >= 0.6 is 67.5 Å². The van der Waals surface area contributed by atoms with Gasteiger partial charge in [0.15, 0.2) is 12.5 Å². The first-order chi connectivity index (χ1) is 39.2. The summed E-state index contributed by atoms with van der Waals surface area (Å²) in [6.07, 6.45) is -14.6. The number of nitrogens with two attached hydrogens (primary N) is 1. The number of aliphatic hydroxyl groups is 9. The molecule has 496 valence electrons. The molecule has 0 spiro atoms. The molecule has 12 N–H and O–H groups in total. The maximum atomic E-state index is 12.8. The van der Waals surface area contributed by atoms with E-state index >= 15 is 0 Å². The maximum Gasteiger partial charge on any atom is 0.414 e. The molecule has 21 nitrogen and oxygen atoms in total. The first kappa shape index (κ1) is 83.7. The Bertz CT molecular complexity index is 2770. The molecule has 12 atom stereocenters. The van der Waals surface area contributed by atoms with Crippen molar-refractivity contribution in [1.82, 2.24) is 9.80 Å². The molecule has 10 rings (SSSR count). The Labute approximate surface area is 557 Å². The SMILES string of the molecule is C.C.C.Nc1ccc(N2C[C@@H](CN(Cc3ccccc3)Cc3ccccc3)OC2=O)cc1.O=C1O[C@H](CN(Cc2ccccc2)Cc2ccccc2)CN1c1ccc(N[C@H]2OC(CO)[C@H](O)[C@@H](O)C2O)cc1.OCC1O[C@H](O)C(O)[C@@H](O)[C@@H]1O.S.S.S.S.S. The lowest BCUT2D eigenvalue weighted by Gasteiger charge is -2.40. The van der Waals surface area contributed by atoms with Gasteiger partial charge in [-0.2, -0.15) is 67.5 Å². The monoisotopic (exact) mass is 1330 g/mol. The van der Waals surface area contributed by atoms with Crippen molar-refractivity contribution in [3.63, 3.8) is 0 Å². The Morgan fingerprint density at radius 1 is 0.438 bits per heavy atom. The number of hydrogen-bond donors (Lipinski definition) is 11. The number of nitrogen functional groups attached to an aromatic ring is 1. The molecule has 4 aliphatic rings. The first-order valence-corrected chi connectivity index (χ1v) is 26.7. The molecule has 4 unspecified atom stereocenters. The van der Waals surface area contributed by atoms with Gasteiger partial charge in [0.2, 0.25) is 0 Å². The van der Waals surface area contributed by atoms with Gasteiger partial charge in [-0.25, -0.2) is 9.59 Å². The van der Waals surface area contributed by atoms with Crippen molar-refractivity contribution >= 4 is 102 Å². The molecule has 2 amide bonds. The molecule has 4 fully saturated rings. The molecule has 4 aliphatic heterocycles. The highest BCUT2D eigenvalue weighted by molar-refractivity contribution is 7.60. The van der Waals surface area contributed by atoms with Crippen molar-refractivity contribution < 1.29 is 74.5 Å². The lowest BCUT2D eigenvalue weighted by atomic mass is 9.98. The molecular weight excluding hydrogens is 1240 g/mol. The molecule has 0 radical (unpaired) electrons. The van der Waals surface area contributed by atoms with Gasteiger partial charge in [-0.3, -0.25) is 19.6 Å². The van der Waals surface area contributed by atoms with Crippen molar-refractivity contribution in [3.8, 4) is 0 Å². The van der Waals surface area contributed by atoms with Crippen molar-refractivity contribution in [1.29, 1.82) is 0 Å². The quantitative estimate of drug-likeness (QED) is 0.0475. The van der Waals surface area contributed by atoms with E-state index in [1.165, 1.54) is 22.3 Å². The van der Waals surface area contributed by atoms with Gasteiger partial charge >= 0.3 is 12.2 Å². The summed E-state index contributed by atoms with van der Waals surface area (Å²) < 4.78 is 21.5. The molecule has 0 aromatic heterocycles. The normalized spacial score (nSPS) is 23.9. The van der Waals surface area contributed by atoms with Crippen molar-refractivity contribution in [3.05, 3.63) is 192 Å². The second-order valence-corrected chi connectivity index (χ2v) is 20.3. The molecule has 89 heavy (non-hydrogen) atoms. The Morgan fingerprint density at radius 3 is 1.11 bits per heavy atom. The Hall–Kier alpha value is -5.31. The molecule has 6 aromatic carbocycles. The summed E-state index contributed by atoms with van der Waals surface area (Å²) in [6, 6.07) is 55.4. The molecular formula is C63H94N6O15S5. The molecule has 6 aromatic rings. The molecule has 0 bridgehead atoms. The van der Waals surface area contributed by atoms with Gasteiger partial charge in [0.25, 0.3) is 0 Å². The number of benzene rings is 6. The highest BCUT2D eigenvalue weighted by atomic mass is 32.1. The van der Waals surface area contributed by atoms with Crippen LogP contribution in [0.4, 0.5) is 32.3 Å². The molecule has 0 saturated carbocycles. The van der Waals surface area contributed by atoms with E-state index in [2.05, 4.69) is 92.6 Å². The van der Waals surface area contributed by atoms with Gasteiger partial charge in [0.05, 0.1) is 26.3 Å². The van der Waals surface area contributed by atoms with E-state index < -0.39 is 80.7 Å². The highest BCUT2D eigenvalue weighted by Gasteiger charge is 2.44. The van der Waals surface area contributed by atoms with Crippen LogP contribution < -0.4 is 20.9 Å². The van der Waals surface area contributed by atoms with E-state index in [0.717, 1.165) is 31.9 Å². The number of ether oxygens (including phenoxy) is 4. The third-order valence-electron chi connectivity index (χ3n) is 14.1. The number of anilines is 4. The van der Waals surface area contributed by atoms with E-state index in [1.54, 1.807) is 46.2 Å². The first-order valence-electron chi connectivity index (χ1n) is 26.7. The van der Waals surface area contributed by atoms with Crippen LogP contribution in [0.15, 0.2) is 170 Å². The summed E-state index contributed by atoms with van der Waals surface area (Å²) in [6.45, 7) is 4.18. The number of aliphatic hydroxyl groups excluding tert-OH is 9. The third-order valence-corrected chi connectivity index (χ3v) is 14.1. The average molecular weight is 1340 g/mol. The van der Waals surface area contributed by atoms with Gasteiger partial charge in [-0.1, -0.05) is 144 Å². The Balaban J connectivity index is 0.00000140. The second kappa shape index (κ2) is 41.2. The van der Waals surface area contributed by atoms with Crippen LogP contribution in [0.1, 0.15) is 44.5 Å². The topological polar surface area (TPSA) is 304 Å². The van der Waals surface area contributed by atoms with Gasteiger partial charge in [0.1, 0.15) is 61.0 Å². The van der Waals surface area contributed by atoms with Crippen LogP contribution in [-0.2, 0) is 45.1 Å². The summed E-state index contributed by atoms with van der Waals surface area (Å²) in [5.41, 5.74) is 13.3. The van der Waals surface area contributed by atoms with Crippen LogP contribution in [0.2, 0.25) is 0 Å². The number of rotatable bonds is 18. The van der Waals surface area contributed by atoms with Crippen LogP contribution in [0.25, 0.3) is 0 Å². The van der Waals surface area contributed by atoms with Crippen molar-refractivity contribution in [2.45, 2.75) is 122 Å². The fraction of sp³-hybridized carbons (Fsp3) is 0.397. The van der Waals surface area contributed by atoms with E-state index in [-0.39, 0.29) is 108 Å². The number of carbonyl (C=O) groups excluding carboxylic acids is 2.